The van der Waals surface area contributed by atoms with Crippen molar-refractivity contribution < 1.29 is 4.79 Å². The molecule has 0 unspecified atom stereocenters. The number of aryl methyl sites for hydroxylation is 1. The van der Waals surface area contributed by atoms with Gasteiger partial charge in [-0.2, -0.15) is 5.10 Å². The molecule has 3 aromatic rings. The van der Waals surface area contributed by atoms with Gasteiger partial charge in [-0.15, -0.1) is 0 Å². The van der Waals surface area contributed by atoms with E-state index < -0.39 is 0 Å². The molecule has 1 aliphatic rings. The fraction of sp³-hybridized carbons (Fsp3) is 0.368. The van der Waals surface area contributed by atoms with Gasteiger partial charge in [-0.3, -0.25) is 9.48 Å². The summed E-state index contributed by atoms with van der Waals surface area (Å²) in [5.41, 5.74) is 1.27. The Morgan fingerprint density at radius 2 is 2.19 bits per heavy atom. The van der Waals surface area contributed by atoms with Gasteiger partial charge in [-0.05, 0) is 30.9 Å². The van der Waals surface area contributed by atoms with Crippen LogP contribution in [0.3, 0.4) is 0 Å². The van der Waals surface area contributed by atoms with Gasteiger partial charge in [-0.25, -0.2) is 9.97 Å². The van der Waals surface area contributed by atoms with Crippen molar-refractivity contribution >= 4 is 34.4 Å². The van der Waals surface area contributed by atoms with Crippen molar-refractivity contribution in [2.75, 3.05) is 24.5 Å². The molecule has 0 radical (unpaired) electrons. The quantitative estimate of drug-likeness (QED) is 0.748. The molecule has 1 fully saturated rings. The second-order valence-electron chi connectivity index (χ2n) is 6.88. The van der Waals surface area contributed by atoms with Gasteiger partial charge in [0, 0.05) is 50.5 Å². The van der Waals surface area contributed by atoms with E-state index in [2.05, 4.69) is 25.3 Å². The third kappa shape index (κ3) is 3.88. The fourth-order valence-corrected chi connectivity index (χ4v) is 3.66. The van der Waals surface area contributed by atoms with Gasteiger partial charge < -0.3 is 10.2 Å². The second-order valence-corrected chi connectivity index (χ2v) is 7.29. The molecule has 1 amide bonds. The molecule has 0 atom stereocenters. The van der Waals surface area contributed by atoms with E-state index in [0.717, 1.165) is 37.1 Å². The highest BCUT2D eigenvalue weighted by atomic mass is 35.5. The molecule has 0 saturated carbocycles. The van der Waals surface area contributed by atoms with Crippen molar-refractivity contribution in [1.29, 1.82) is 0 Å². The van der Waals surface area contributed by atoms with Crippen molar-refractivity contribution in [2.45, 2.75) is 12.8 Å². The number of fused-ring (bicyclic) bond motifs is 1. The fourth-order valence-electron chi connectivity index (χ4n) is 3.41. The Labute approximate surface area is 162 Å². The van der Waals surface area contributed by atoms with Crippen LogP contribution in [0.2, 0.25) is 5.02 Å². The Kier molecular flexibility index (Phi) is 4.94. The number of nitrogens with one attached hydrogen (secondary N) is 1. The summed E-state index contributed by atoms with van der Waals surface area (Å²) in [5.74, 6) is 1.25. The van der Waals surface area contributed by atoms with Crippen LogP contribution in [-0.2, 0) is 7.05 Å². The molecule has 7 nitrogen and oxygen atoms in total. The van der Waals surface area contributed by atoms with Crippen LogP contribution in [0, 0.1) is 5.92 Å². The third-order valence-electron chi connectivity index (χ3n) is 4.98. The molecule has 4 rings (SSSR count). The van der Waals surface area contributed by atoms with E-state index in [9.17, 15) is 4.79 Å². The van der Waals surface area contributed by atoms with Crippen LogP contribution >= 0.6 is 11.6 Å². The maximum atomic E-state index is 12.1. The van der Waals surface area contributed by atoms with E-state index in [0.29, 0.717) is 28.7 Å². The number of nitrogens with zero attached hydrogens (tertiary/aromatic N) is 5. The smallest absolute Gasteiger partial charge is 0.254 e. The first-order valence-electron chi connectivity index (χ1n) is 9.03. The number of carbonyl (C=O) groups is 1. The zero-order chi connectivity index (χ0) is 18.8. The number of aromatic nitrogens is 4. The van der Waals surface area contributed by atoms with Crippen LogP contribution in [0.5, 0.6) is 0 Å². The zero-order valence-electron chi connectivity index (χ0n) is 15.1. The molecule has 1 saturated heterocycles. The number of rotatable bonds is 4. The summed E-state index contributed by atoms with van der Waals surface area (Å²) in [5, 5.41) is 8.59. The predicted molar refractivity (Wildman–Crippen MR) is 105 cm³/mol. The molecule has 1 N–H and O–H groups in total. The Morgan fingerprint density at radius 1 is 1.37 bits per heavy atom. The molecule has 0 spiro atoms. The topological polar surface area (TPSA) is 75.9 Å². The number of halogens is 1. The number of pyridine rings is 2. The molecule has 0 aliphatic carbocycles. The molecule has 0 bridgehead atoms. The summed E-state index contributed by atoms with van der Waals surface area (Å²) < 4.78 is 1.63. The molecule has 3 aromatic heterocycles. The van der Waals surface area contributed by atoms with E-state index in [1.807, 2.05) is 18.2 Å². The normalized spacial score (nSPS) is 15.3. The Balaban J connectivity index is 1.34. The predicted octanol–water partition coefficient (Wildman–Crippen LogP) is 2.66. The van der Waals surface area contributed by atoms with Crippen LogP contribution in [0.4, 0.5) is 5.82 Å². The van der Waals surface area contributed by atoms with Gasteiger partial charge in [0.05, 0.1) is 16.8 Å². The van der Waals surface area contributed by atoms with E-state index in [1.54, 1.807) is 30.3 Å². The largest absolute Gasteiger partial charge is 0.356 e. The lowest BCUT2D eigenvalue weighted by Gasteiger charge is -2.33. The summed E-state index contributed by atoms with van der Waals surface area (Å²) in [7, 11) is 1.80. The van der Waals surface area contributed by atoms with Crippen molar-refractivity contribution in [1.82, 2.24) is 25.1 Å². The van der Waals surface area contributed by atoms with Crippen molar-refractivity contribution in [3.8, 4) is 0 Å². The molecule has 8 heteroatoms. The van der Waals surface area contributed by atoms with E-state index in [-0.39, 0.29) is 5.91 Å². The van der Waals surface area contributed by atoms with Crippen molar-refractivity contribution in [2.24, 2.45) is 13.0 Å². The first-order valence-corrected chi connectivity index (χ1v) is 9.41. The van der Waals surface area contributed by atoms with E-state index in [1.165, 1.54) is 0 Å². The maximum Gasteiger partial charge on any atom is 0.254 e. The Morgan fingerprint density at radius 3 is 2.93 bits per heavy atom. The second kappa shape index (κ2) is 7.52. The number of hydrogen-bond acceptors (Lipinski definition) is 5. The van der Waals surface area contributed by atoms with Gasteiger partial charge >= 0.3 is 0 Å². The van der Waals surface area contributed by atoms with Crippen LogP contribution in [0.25, 0.3) is 11.0 Å². The first-order chi connectivity index (χ1) is 13.1. The highest BCUT2D eigenvalue weighted by Gasteiger charge is 2.22. The minimum Gasteiger partial charge on any atom is -0.356 e. The minimum atomic E-state index is -0.0698. The third-order valence-corrected chi connectivity index (χ3v) is 5.29. The SMILES string of the molecule is Cn1cc(C(=O)NCC2CCN(c3cc(Cl)c4cccnc4n3)CC2)cn1. The molecule has 1 aliphatic heterocycles. The number of amides is 1. The summed E-state index contributed by atoms with van der Waals surface area (Å²) in [6.07, 6.45) is 7.02. The molecule has 4 heterocycles. The first kappa shape index (κ1) is 17.7. The van der Waals surface area contributed by atoms with Crippen LogP contribution < -0.4 is 10.2 Å². The lowest BCUT2D eigenvalue weighted by molar-refractivity contribution is 0.0945. The molecule has 140 valence electrons. The van der Waals surface area contributed by atoms with Gasteiger partial charge in [0.2, 0.25) is 0 Å². The van der Waals surface area contributed by atoms with Crippen LogP contribution in [0.15, 0.2) is 36.8 Å². The molecule has 27 heavy (non-hydrogen) atoms. The zero-order valence-corrected chi connectivity index (χ0v) is 15.9. The summed E-state index contributed by atoms with van der Waals surface area (Å²) in [6.45, 7) is 2.44. The summed E-state index contributed by atoms with van der Waals surface area (Å²) in [6, 6.07) is 5.70. The van der Waals surface area contributed by atoms with Gasteiger partial charge in [-0.1, -0.05) is 11.6 Å². The molecular weight excluding hydrogens is 364 g/mol. The number of anilines is 1. The Hall–Kier alpha value is -2.67. The van der Waals surface area contributed by atoms with Gasteiger partial charge in [0.1, 0.15) is 5.82 Å². The van der Waals surface area contributed by atoms with Gasteiger partial charge in [0.15, 0.2) is 5.65 Å². The average Bonchev–Trinajstić information content (AvgIpc) is 3.13. The van der Waals surface area contributed by atoms with E-state index >= 15 is 0 Å². The minimum absolute atomic E-state index is 0.0698. The van der Waals surface area contributed by atoms with Gasteiger partial charge in [0.25, 0.3) is 5.91 Å². The van der Waals surface area contributed by atoms with Crippen LogP contribution in [-0.4, -0.2) is 45.3 Å². The maximum absolute atomic E-state index is 12.1. The molecule has 0 aromatic carbocycles. The van der Waals surface area contributed by atoms with Crippen molar-refractivity contribution in [3.63, 3.8) is 0 Å². The van der Waals surface area contributed by atoms with E-state index in [4.69, 9.17) is 11.6 Å². The average molecular weight is 385 g/mol. The Bertz CT molecular complexity index is 964. The van der Waals surface area contributed by atoms with Crippen LogP contribution in [0.1, 0.15) is 23.2 Å². The number of carbonyl (C=O) groups excluding carboxylic acids is 1. The van der Waals surface area contributed by atoms with Crippen molar-refractivity contribution in [3.05, 3.63) is 47.4 Å². The number of piperidine rings is 1. The lowest BCUT2D eigenvalue weighted by Crippen LogP contribution is -2.39. The monoisotopic (exact) mass is 384 g/mol. The summed E-state index contributed by atoms with van der Waals surface area (Å²) in [4.78, 5) is 23.3. The standard InChI is InChI=1S/C19H21ClN6O/c1-25-12-14(11-23-25)19(27)22-10-13-4-7-26(8-5-13)17-9-16(20)15-3-2-6-21-18(15)24-17/h2-3,6,9,11-13H,4-5,7-8,10H2,1H3,(H,22,27). The lowest BCUT2D eigenvalue weighted by atomic mass is 9.96. The molecular formula is C19H21ClN6O. The highest BCUT2D eigenvalue weighted by Crippen LogP contribution is 2.28. The highest BCUT2D eigenvalue weighted by molar-refractivity contribution is 6.35. The number of hydrogen-bond donors (Lipinski definition) is 1. The summed E-state index contributed by atoms with van der Waals surface area (Å²) >= 11 is 6.39.